The Labute approximate surface area is 238 Å². The van der Waals surface area contributed by atoms with Crippen molar-refractivity contribution in [2.24, 2.45) is 5.92 Å². The summed E-state index contributed by atoms with van der Waals surface area (Å²) >= 11 is 0. The van der Waals surface area contributed by atoms with Crippen LogP contribution in [0.3, 0.4) is 0 Å². The highest BCUT2D eigenvalue weighted by atomic mass is 16.5. The number of carbonyl (C=O) groups excluding carboxylic acids is 2. The summed E-state index contributed by atoms with van der Waals surface area (Å²) in [4.78, 5) is 29.6. The summed E-state index contributed by atoms with van der Waals surface area (Å²) in [5.41, 5.74) is 2.19. The third-order valence-electron chi connectivity index (χ3n) is 6.68. The molecule has 0 aliphatic carbocycles. The minimum Gasteiger partial charge on any atom is -0.462 e. The number of likely N-dealkylation sites (N-methyl/N-ethyl adjacent to an activating group) is 1. The largest absolute Gasteiger partial charge is 0.462 e. The molecule has 40 heavy (non-hydrogen) atoms. The highest BCUT2D eigenvalue weighted by Gasteiger charge is 2.28. The number of hydrogen-bond donors (Lipinski definition) is 1. The van der Waals surface area contributed by atoms with Crippen LogP contribution in [-0.4, -0.2) is 58.0 Å². The fourth-order valence-electron chi connectivity index (χ4n) is 4.37. The smallest absolute Gasteiger partial charge is 0.255 e. The summed E-state index contributed by atoms with van der Waals surface area (Å²) in [5, 5.41) is 6.79. The molecule has 216 valence electrons. The number of amides is 1. The van der Waals surface area contributed by atoms with E-state index in [0.29, 0.717) is 11.6 Å². The first-order valence-electron chi connectivity index (χ1n) is 13.8. The molecule has 3 atom stereocenters. The molecule has 0 bridgehead atoms. The van der Waals surface area contributed by atoms with Crippen LogP contribution in [0.1, 0.15) is 76.6 Å². The number of hydrogen-bond acceptors (Lipinski definition) is 7. The number of imidazole rings is 1. The maximum Gasteiger partial charge on any atom is 0.255 e. The first kappa shape index (κ1) is 32.3. The van der Waals surface area contributed by atoms with Crippen LogP contribution in [0, 0.1) is 25.2 Å². The second-order valence-corrected chi connectivity index (χ2v) is 9.77. The topological polar surface area (TPSA) is 102 Å². The Hall–Kier alpha value is -3.90. The lowest BCUT2D eigenvalue weighted by Crippen LogP contribution is -2.42. The van der Waals surface area contributed by atoms with E-state index in [4.69, 9.17) is 15.7 Å². The van der Waals surface area contributed by atoms with Gasteiger partial charge in [-0.2, -0.15) is 0 Å². The van der Waals surface area contributed by atoms with Crippen molar-refractivity contribution >= 4 is 12.2 Å². The lowest BCUT2D eigenvalue weighted by molar-refractivity contribution is -0.125. The van der Waals surface area contributed by atoms with E-state index in [1.807, 2.05) is 59.4 Å². The van der Waals surface area contributed by atoms with Crippen molar-refractivity contribution in [1.82, 2.24) is 24.9 Å². The average molecular weight is 550 g/mol. The Balaban J connectivity index is 0.000000287. The molecule has 9 heteroatoms. The predicted octanol–water partition coefficient (Wildman–Crippen LogP) is 5.10. The van der Waals surface area contributed by atoms with Gasteiger partial charge in [-0.05, 0) is 69.1 Å². The van der Waals surface area contributed by atoms with Crippen LogP contribution in [0.25, 0.3) is 5.69 Å². The standard InChI is InChI=1S/C18H24N4O.C11H13NO3.C2H6/c1-13(20-18(23)17-5-4-11-21(17)3)15-6-8-16(9-7-15)22-12-10-19-14(22)2;1-4-5-14-11-6-10(15-12-11)9(7-13)8(2)3;1-2/h6-10,12-13,17H,4-5,11H2,1-3H3,(H,20,23);1,6-9H,5H2,2-3H3;1-2H3/t13-,17-;;/m0../s1. The molecule has 1 saturated heterocycles. The van der Waals surface area contributed by atoms with Crippen molar-refractivity contribution in [2.75, 3.05) is 20.2 Å². The number of rotatable bonds is 9. The van der Waals surface area contributed by atoms with Crippen molar-refractivity contribution in [1.29, 1.82) is 0 Å². The van der Waals surface area contributed by atoms with Gasteiger partial charge in [0.05, 0.1) is 18.0 Å². The van der Waals surface area contributed by atoms with Crippen molar-refractivity contribution in [3.05, 3.63) is 59.9 Å². The zero-order valence-electron chi connectivity index (χ0n) is 24.8. The number of likely N-dealkylation sites (tertiary alicyclic amines) is 1. The molecule has 1 aliphatic rings. The number of benzene rings is 1. The second-order valence-electron chi connectivity index (χ2n) is 9.77. The number of carbonyl (C=O) groups is 2. The first-order valence-corrected chi connectivity index (χ1v) is 13.8. The van der Waals surface area contributed by atoms with Gasteiger partial charge in [-0.1, -0.05) is 45.7 Å². The van der Waals surface area contributed by atoms with E-state index < -0.39 is 0 Å². The molecule has 1 amide bonds. The summed E-state index contributed by atoms with van der Waals surface area (Å²) in [6.07, 6.45) is 11.7. The number of terminal acetylenes is 1. The van der Waals surface area contributed by atoms with E-state index in [2.05, 4.69) is 50.5 Å². The molecule has 1 fully saturated rings. The molecular weight excluding hydrogens is 506 g/mol. The van der Waals surface area contributed by atoms with Gasteiger partial charge < -0.3 is 23.9 Å². The first-order chi connectivity index (χ1) is 19.2. The van der Waals surface area contributed by atoms with E-state index in [-0.39, 0.29) is 36.4 Å². The maximum atomic E-state index is 12.4. The lowest BCUT2D eigenvalue weighted by Gasteiger charge is -2.22. The molecule has 4 rings (SSSR count). The van der Waals surface area contributed by atoms with Gasteiger partial charge in [-0.25, -0.2) is 4.98 Å². The number of aryl methyl sites for hydroxylation is 1. The van der Waals surface area contributed by atoms with E-state index in [1.54, 1.807) is 12.3 Å². The monoisotopic (exact) mass is 549 g/mol. The third-order valence-corrected chi connectivity index (χ3v) is 6.68. The number of ether oxygens (including phenoxy) is 1. The van der Waals surface area contributed by atoms with Gasteiger partial charge in [0.1, 0.15) is 12.1 Å². The molecule has 9 nitrogen and oxygen atoms in total. The molecule has 0 spiro atoms. The van der Waals surface area contributed by atoms with E-state index in [9.17, 15) is 9.59 Å². The number of nitrogens with one attached hydrogen (secondary N) is 1. The van der Waals surface area contributed by atoms with Crippen LogP contribution >= 0.6 is 0 Å². The zero-order chi connectivity index (χ0) is 29.7. The van der Waals surface area contributed by atoms with Gasteiger partial charge >= 0.3 is 0 Å². The lowest BCUT2D eigenvalue weighted by atomic mass is 9.95. The Kier molecular flexibility index (Phi) is 13.1. The van der Waals surface area contributed by atoms with Gasteiger partial charge in [-0.15, -0.1) is 6.42 Å². The Bertz CT molecular complexity index is 1230. The Morgan fingerprint density at radius 1 is 1.27 bits per heavy atom. The Morgan fingerprint density at radius 3 is 2.50 bits per heavy atom. The van der Waals surface area contributed by atoms with E-state index >= 15 is 0 Å². The molecule has 1 N–H and O–H groups in total. The van der Waals surface area contributed by atoms with Gasteiger partial charge in [0.15, 0.2) is 12.4 Å². The molecule has 2 aromatic heterocycles. The van der Waals surface area contributed by atoms with Gasteiger partial charge in [-0.3, -0.25) is 9.69 Å². The fourth-order valence-corrected chi connectivity index (χ4v) is 4.37. The van der Waals surface area contributed by atoms with Crippen LogP contribution in [0.4, 0.5) is 0 Å². The van der Waals surface area contributed by atoms with Crippen molar-refractivity contribution in [2.45, 2.75) is 72.4 Å². The van der Waals surface area contributed by atoms with Crippen LogP contribution < -0.4 is 10.1 Å². The normalized spacial score (nSPS) is 16.0. The highest BCUT2D eigenvalue weighted by Crippen LogP contribution is 2.25. The molecule has 1 unspecified atom stereocenters. The highest BCUT2D eigenvalue weighted by molar-refractivity contribution is 5.82. The van der Waals surface area contributed by atoms with Gasteiger partial charge in [0, 0.05) is 24.1 Å². The minimum absolute atomic E-state index is 0.00874. The van der Waals surface area contributed by atoms with Crippen molar-refractivity contribution in [3.8, 4) is 23.9 Å². The van der Waals surface area contributed by atoms with E-state index in [1.165, 1.54) is 0 Å². The quantitative estimate of drug-likeness (QED) is 0.292. The SMILES string of the molecule is C#CCOc1cc(C(C=O)C(C)C)on1.CC.Cc1nccn1-c1ccc([C@H](C)NC(=O)[C@@H]2CCCN2C)cc1. The molecule has 3 heterocycles. The van der Waals surface area contributed by atoms with E-state index in [0.717, 1.165) is 42.7 Å². The van der Waals surface area contributed by atoms with Gasteiger partial charge in [0.25, 0.3) is 5.88 Å². The number of nitrogens with zero attached hydrogens (tertiary/aromatic N) is 4. The van der Waals surface area contributed by atoms with Crippen molar-refractivity contribution < 1.29 is 18.8 Å². The third kappa shape index (κ3) is 8.82. The maximum absolute atomic E-state index is 12.4. The summed E-state index contributed by atoms with van der Waals surface area (Å²) < 4.78 is 12.1. The van der Waals surface area contributed by atoms with Crippen LogP contribution in [0.5, 0.6) is 5.88 Å². The Morgan fingerprint density at radius 2 is 1.98 bits per heavy atom. The summed E-state index contributed by atoms with van der Waals surface area (Å²) in [5.74, 6) is 4.10. The molecule has 0 saturated carbocycles. The van der Waals surface area contributed by atoms with Crippen LogP contribution in [0.15, 0.2) is 47.2 Å². The van der Waals surface area contributed by atoms with Crippen molar-refractivity contribution in [3.63, 3.8) is 0 Å². The summed E-state index contributed by atoms with van der Waals surface area (Å²) in [7, 11) is 2.02. The van der Waals surface area contributed by atoms with Crippen LogP contribution in [-0.2, 0) is 9.59 Å². The summed E-state index contributed by atoms with van der Waals surface area (Å²) in [6, 6.07) is 9.88. The number of aldehydes is 1. The second kappa shape index (κ2) is 16.3. The molecular formula is C31H43N5O4. The molecule has 3 aromatic rings. The number of aromatic nitrogens is 3. The zero-order valence-corrected chi connectivity index (χ0v) is 24.8. The molecule has 0 radical (unpaired) electrons. The van der Waals surface area contributed by atoms with Crippen LogP contribution in [0.2, 0.25) is 0 Å². The summed E-state index contributed by atoms with van der Waals surface area (Å²) in [6.45, 7) is 13.0. The molecule has 1 aliphatic heterocycles. The fraction of sp³-hybridized carbons (Fsp3) is 0.484. The molecule has 1 aromatic carbocycles. The predicted molar refractivity (Wildman–Crippen MR) is 156 cm³/mol. The average Bonchev–Trinajstić information content (AvgIpc) is 3.71. The minimum atomic E-state index is -0.291. The van der Waals surface area contributed by atoms with Gasteiger partial charge in [0.2, 0.25) is 5.91 Å².